The molecule has 37 heavy (non-hydrogen) atoms. The van der Waals surface area contributed by atoms with E-state index in [4.69, 9.17) is 4.74 Å². The van der Waals surface area contributed by atoms with Gasteiger partial charge in [0, 0.05) is 13.1 Å². The fourth-order valence-corrected chi connectivity index (χ4v) is 4.68. The number of anilines is 1. The Hall–Kier alpha value is -3.07. The molecule has 0 fully saturated rings. The molecule has 0 aliphatic rings. The molecule has 0 radical (unpaired) electrons. The smallest absolute Gasteiger partial charge is 0.244 e. The Bertz CT molecular complexity index is 1160. The maximum Gasteiger partial charge on any atom is 0.244 e. The van der Waals surface area contributed by atoms with E-state index in [0.717, 1.165) is 34.5 Å². The molecular formula is C28H41N3O5S. The van der Waals surface area contributed by atoms with Gasteiger partial charge in [0.1, 0.15) is 18.3 Å². The van der Waals surface area contributed by atoms with Crippen LogP contribution in [0.15, 0.2) is 48.5 Å². The summed E-state index contributed by atoms with van der Waals surface area (Å²) >= 11 is 0. The Morgan fingerprint density at radius 2 is 1.73 bits per heavy atom. The summed E-state index contributed by atoms with van der Waals surface area (Å²) < 4.78 is 31.9. The molecule has 0 heterocycles. The highest BCUT2D eigenvalue weighted by atomic mass is 32.2. The summed E-state index contributed by atoms with van der Waals surface area (Å²) in [7, 11) is -2.22. The van der Waals surface area contributed by atoms with E-state index < -0.39 is 28.5 Å². The first kappa shape index (κ1) is 30.2. The number of rotatable bonds is 12. The quantitative estimate of drug-likeness (QED) is 0.416. The van der Waals surface area contributed by atoms with Gasteiger partial charge in [0.05, 0.1) is 19.1 Å². The van der Waals surface area contributed by atoms with Crippen LogP contribution >= 0.6 is 0 Å². The summed E-state index contributed by atoms with van der Waals surface area (Å²) in [6, 6.07) is 13.6. The molecule has 8 nitrogen and oxygen atoms in total. The van der Waals surface area contributed by atoms with Crippen LogP contribution in [0.5, 0.6) is 5.75 Å². The minimum atomic E-state index is -3.78. The monoisotopic (exact) mass is 531 g/mol. The number of carbonyl (C=O) groups excluding carboxylic acids is 2. The van der Waals surface area contributed by atoms with E-state index in [0.29, 0.717) is 18.0 Å². The van der Waals surface area contributed by atoms with Gasteiger partial charge >= 0.3 is 0 Å². The minimum Gasteiger partial charge on any atom is -0.497 e. The summed E-state index contributed by atoms with van der Waals surface area (Å²) in [6.07, 6.45) is 2.83. The van der Waals surface area contributed by atoms with Crippen molar-refractivity contribution >= 4 is 27.5 Å². The second kappa shape index (κ2) is 12.9. The highest BCUT2D eigenvalue weighted by molar-refractivity contribution is 7.92. The number of hydrogen-bond donors (Lipinski definition) is 1. The van der Waals surface area contributed by atoms with Gasteiger partial charge in [0.25, 0.3) is 0 Å². The summed E-state index contributed by atoms with van der Waals surface area (Å²) in [6.45, 7) is 10.1. The van der Waals surface area contributed by atoms with E-state index in [2.05, 4.69) is 26.1 Å². The predicted octanol–water partition coefficient (Wildman–Crippen LogP) is 4.09. The van der Waals surface area contributed by atoms with Gasteiger partial charge in [-0.15, -0.1) is 0 Å². The number of sulfonamides is 1. The molecule has 2 aromatic carbocycles. The minimum absolute atomic E-state index is 0.0988. The second-order valence-electron chi connectivity index (χ2n) is 10.3. The number of benzene rings is 2. The summed E-state index contributed by atoms with van der Waals surface area (Å²) in [5, 5.41) is 2.87. The van der Waals surface area contributed by atoms with Gasteiger partial charge in [-0.3, -0.25) is 13.9 Å². The number of nitrogens with zero attached hydrogens (tertiary/aromatic N) is 2. The van der Waals surface area contributed by atoms with E-state index in [1.54, 1.807) is 38.3 Å². The van der Waals surface area contributed by atoms with Gasteiger partial charge in [0.2, 0.25) is 21.8 Å². The van der Waals surface area contributed by atoms with Crippen molar-refractivity contribution in [2.45, 2.75) is 65.5 Å². The third-order valence-corrected chi connectivity index (χ3v) is 7.33. The fraction of sp³-hybridized carbons (Fsp3) is 0.500. The molecule has 0 aliphatic carbocycles. The maximum atomic E-state index is 13.6. The Morgan fingerprint density at radius 1 is 1.08 bits per heavy atom. The van der Waals surface area contributed by atoms with E-state index >= 15 is 0 Å². The molecule has 1 N–H and O–H groups in total. The number of amides is 2. The predicted molar refractivity (Wildman–Crippen MR) is 148 cm³/mol. The zero-order valence-corrected chi connectivity index (χ0v) is 23.9. The zero-order chi connectivity index (χ0) is 27.8. The lowest BCUT2D eigenvalue weighted by molar-refractivity contribution is -0.139. The van der Waals surface area contributed by atoms with Crippen LogP contribution in [-0.4, -0.2) is 57.6 Å². The van der Waals surface area contributed by atoms with Crippen LogP contribution in [0.3, 0.4) is 0 Å². The SMILES string of the molecule is CCCCNC(=O)C(C)N(Cc1cccc(OC)c1)C(=O)CN(c1ccc(C(C)(C)C)cc1)S(C)(=O)=O. The molecule has 0 spiro atoms. The lowest BCUT2D eigenvalue weighted by Gasteiger charge is -2.31. The number of carbonyl (C=O) groups is 2. The molecule has 0 saturated heterocycles. The van der Waals surface area contributed by atoms with Crippen LogP contribution in [0.2, 0.25) is 0 Å². The summed E-state index contributed by atoms with van der Waals surface area (Å²) in [4.78, 5) is 28.0. The average molecular weight is 532 g/mol. The first-order valence-electron chi connectivity index (χ1n) is 12.6. The lowest BCUT2D eigenvalue weighted by atomic mass is 9.87. The van der Waals surface area contributed by atoms with Crippen molar-refractivity contribution in [3.63, 3.8) is 0 Å². The Labute approximate surface area is 222 Å². The number of methoxy groups -OCH3 is 1. The Balaban J connectivity index is 2.38. The topological polar surface area (TPSA) is 96.0 Å². The number of unbranched alkanes of at least 4 members (excludes halogenated alkanes) is 1. The third-order valence-electron chi connectivity index (χ3n) is 6.18. The molecule has 1 unspecified atom stereocenters. The van der Waals surface area contributed by atoms with Gasteiger partial charge < -0.3 is 15.0 Å². The van der Waals surface area contributed by atoms with Crippen molar-refractivity contribution < 1.29 is 22.7 Å². The number of ether oxygens (including phenoxy) is 1. The van der Waals surface area contributed by atoms with Crippen molar-refractivity contribution in [2.24, 2.45) is 0 Å². The molecule has 2 rings (SSSR count). The van der Waals surface area contributed by atoms with Crippen molar-refractivity contribution in [1.29, 1.82) is 0 Å². The molecular weight excluding hydrogens is 490 g/mol. The lowest BCUT2D eigenvalue weighted by Crippen LogP contribution is -2.51. The molecule has 0 saturated carbocycles. The van der Waals surface area contributed by atoms with Crippen molar-refractivity contribution in [2.75, 3.05) is 30.8 Å². The van der Waals surface area contributed by atoms with E-state index in [-0.39, 0.29) is 17.9 Å². The van der Waals surface area contributed by atoms with Crippen LogP contribution in [0.25, 0.3) is 0 Å². The maximum absolute atomic E-state index is 13.6. The molecule has 2 aromatic rings. The molecule has 9 heteroatoms. The van der Waals surface area contributed by atoms with Crippen LogP contribution in [0.4, 0.5) is 5.69 Å². The molecule has 0 aliphatic heterocycles. The molecule has 2 amide bonds. The second-order valence-corrected chi connectivity index (χ2v) is 12.2. The highest BCUT2D eigenvalue weighted by Crippen LogP contribution is 2.26. The van der Waals surface area contributed by atoms with Crippen molar-refractivity contribution in [3.8, 4) is 5.75 Å². The standard InChI is InChI=1S/C28H41N3O5S/c1-8-9-17-29-27(33)21(2)30(19-22-11-10-12-25(18-22)36-6)26(32)20-31(37(7,34)35)24-15-13-23(14-16-24)28(3,4)5/h10-16,18,21H,8-9,17,19-20H2,1-7H3,(H,29,33). The van der Waals surface area contributed by atoms with Gasteiger partial charge in [-0.25, -0.2) is 8.42 Å². The van der Waals surface area contributed by atoms with E-state index in [9.17, 15) is 18.0 Å². The van der Waals surface area contributed by atoms with Gasteiger partial charge in [0.15, 0.2) is 0 Å². The van der Waals surface area contributed by atoms with Crippen LogP contribution in [0.1, 0.15) is 58.6 Å². The fourth-order valence-electron chi connectivity index (χ4n) is 3.83. The first-order chi connectivity index (χ1) is 17.3. The van der Waals surface area contributed by atoms with Gasteiger partial charge in [-0.05, 0) is 54.2 Å². The van der Waals surface area contributed by atoms with Crippen LogP contribution in [0, 0.1) is 0 Å². The largest absolute Gasteiger partial charge is 0.497 e. The van der Waals surface area contributed by atoms with Gasteiger partial charge in [-0.2, -0.15) is 0 Å². The number of hydrogen-bond acceptors (Lipinski definition) is 5. The summed E-state index contributed by atoms with van der Waals surface area (Å²) in [5.74, 6) is -0.141. The normalized spacial score (nSPS) is 12.5. The molecule has 0 bridgehead atoms. The Morgan fingerprint density at radius 3 is 2.27 bits per heavy atom. The zero-order valence-electron chi connectivity index (χ0n) is 23.1. The third kappa shape index (κ3) is 8.77. The van der Waals surface area contributed by atoms with Crippen molar-refractivity contribution in [3.05, 3.63) is 59.7 Å². The average Bonchev–Trinajstić information content (AvgIpc) is 2.84. The Kier molecular flexibility index (Phi) is 10.5. The van der Waals surface area contributed by atoms with E-state index in [1.807, 2.05) is 31.2 Å². The highest BCUT2D eigenvalue weighted by Gasteiger charge is 2.30. The van der Waals surface area contributed by atoms with E-state index in [1.165, 1.54) is 4.90 Å². The summed E-state index contributed by atoms with van der Waals surface area (Å²) in [5.41, 5.74) is 2.11. The number of nitrogens with one attached hydrogen (secondary N) is 1. The van der Waals surface area contributed by atoms with Crippen molar-refractivity contribution in [1.82, 2.24) is 10.2 Å². The van der Waals surface area contributed by atoms with Gasteiger partial charge in [-0.1, -0.05) is 58.4 Å². The van der Waals surface area contributed by atoms with Crippen LogP contribution in [-0.2, 0) is 31.6 Å². The molecule has 1 atom stereocenters. The molecule has 204 valence electrons. The van der Waals surface area contributed by atoms with Crippen LogP contribution < -0.4 is 14.4 Å². The molecule has 0 aromatic heterocycles. The first-order valence-corrected chi connectivity index (χ1v) is 14.4.